The minimum Gasteiger partial charge on any atom is -0.335 e. The number of anilines is 1. The Hall–Kier alpha value is -2.63. The molecular weight excluding hydrogens is 280 g/mol. The van der Waals surface area contributed by atoms with E-state index in [0.717, 1.165) is 11.3 Å². The van der Waals surface area contributed by atoms with Gasteiger partial charge < -0.3 is 10.2 Å². The van der Waals surface area contributed by atoms with E-state index in [1.807, 2.05) is 31.2 Å². The molecule has 0 saturated heterocycles. The first-order chi connectivity index (χ1) is 10.5. The molecule has 0 spiro atoms. The first kappa shape index (κ1) is 15.8. The fourth-order valence-electron chi connectivity index (χ4n) is 2.16. The highest BCUT2D eigenvalue weighted by atomic mass is 16.2. The summed E-state index contributed by atoms with van der Waals surface area (Å²) < 4.78 is 1.57. The van der Waals surface area contributed by atoms with Crippen LogP contribution in [0.2, 0.25) is 0 Å². The van der Waals surface area contributed by atoms with Crippen molar-refractivity contribution < 1.29 is 9.59 Å². The van der Waals surface area contributed by atoms with Crippen molar-refractivity contribution in [1.82, 2.24) is 14.7 Å². The summed E-state index contributed by atoms with van der Waals surface area (Å²) >= 11 is 0. The number of carbonyl (C=O) groups excluding carboxylic acids is 2. The topological polar surface area (TPSA) is 67.2 Å². The van der Waals surface area contributed by atoms with Crippen LogP contribution in [0.4, 0.5) is 5.69 Å². The fraction of sp³-hybridized carbons (Fsp3) is 0.312. The number of benzene rings is 1. The summed E-state index contributed by atoms with van der Waals surface area (Å²) in [6, 6.07) is 8.85. The molecule has 1 atom stereocenters. The molecule has 1 heterocycles. The van der Waals surface area contributed by atoms with Crippen molar-refractivity contribution in [3.63, 3.8) is 0 Å². The van der Waals surface area contributed by atoms with Crippen LogP contribution in [0.3, 0.4) is 0 Å². The van der Waals surface area contributed by atoms with Crippen LogP contribution in [0.25, 0.3) is 0 Å². The van der Waals surface area contributed by atoms with Crippen LogP contribution in [-0.2, 0) is 9.59 Å². The molecule has 0 aliphatic carbocycles. The lowest BCUT2D eigenvalue weighted by atomic mass is 10.2. The molecular formula is C16H20N4O2. The van der Waals surface area contributed by atoms with Gasteiger partial charge in [0.15, 0.2) is 0 Å². The standard InChI is InChI=1S/C16H20N4O2/c1-12-6-4-7-14(10-12)18-15(21)11-19(3)16(22)13(2)20-9-5-8-17-20/h4-10,13H,11H2,1-3H3,(H,18,21). The van der Waals surface area contributed by atoms with Gasteiger partial charge in [0, 0.05) is 25.1 Å². The highest BCUT2D eigenvalue weighted by Gasteiger charge is 2.21. The molecule has 2 rings (SSSR count). The predicted molar refractivity (Wildman–Crippen MR) is 84.4 cm³/mol. The number of hydrogen-bond acceptors (Lipinski definition) is 3. The summed E-state index contributed by atoms with van der Waals surface area (Å²) in [5.41, 5.74) is 1.79. The van der Waals surface area contributed by atoms with Gasteiger partial charge in [0.1, 0.15) is 6.04 Å². The molecule has 116 valence electrons. The van der Waals surface area contributed by atoms with E-state index in [4.69, 9.17) is 0 Å². The van der Waals surface area contributed by atoms with Gasteiger partial charge in [-0.15, -0.1) is 0 Å². The Morgan fingerprint density at radius 2 is 2.14 bits per heavy atom. The minimum atomic E-state index is -0.438. The molecule has 0 saturated carbocycles. The van der Waals surface area contributed by atoms with Crippen molar-refractivity contribution in [2.24, 2.45) is 0 Å². The quantitative estimate of drug-likeness (QED) is 0.916. The van der Waals surface area contributed by atoms with Gasteiger partial charge in [0.05, 0.1) is 6.54 Å². The number of carbonyl (C=O) groups is 2. The first-order valence-corrected chi connectivity index (χ1v) is 7.08. The molecule has 2 aromatic rings. The normalized spacial score (nSPS) is 11.8. The van der Waals surface area contributed by atoms with Gasteiger partial charge in [0.25, 0.3) is 0 Å². The highest BCUT2D eigenvalue weighted by Crippen LogP contribution is 2.10. The molecule has 0 aliphatic heterocycles. The Balaban J connectivity index is 1.92. The van der Waals surface area contributed by atoms with Gasteiger partial charge in [-0.05, 0) is 37.6 Å². The molecule has 0 fully saturated rings. The van der Waals surface area contributed by atoms with Gasteiger partial charge in [0.2, 0.25) is 11.8 Å². The minimum absolute atomic E-state index is 0.00160. The zero-order valence-electron chi connectivity index (χ0n) is 13.0. The first-order valence-electron chi connectivity index (χ1n) is 7.08. The molecule has 1 aromatic carbocycles. The van der Waals surface area contributed by atoms with E-state index in [9.17, 15) is 9.59 Å². The van der Waals surface area contributed by atoms with Crippen molar-refractivity contribution in [2.75, 3.05) is 18.9 Å². The van der Waals surface area contributed by atoms with Gasteiger partial charge in [-0.1, -0.05) is 12.1 Å². The monoisotopic (exact) mass is 300 g/mol. The van der Waals surface area contributed by atoms with Crippen molar-refractivity contribution in [3.8, 4) is 0 Å². The molecule has 1 unspecified atom stereocenters. The number of amides is 2. The second kappa shape index (κ2) is 6.89. The summed E-state index contributed by atoms with van der Waals surface area (Å²) in [4.78, 5) is 25.7. The summed E-state index contributed by atoms with van der Waals surface area (Å²) in [5.74, 6) is -0.391. The summed E-state index contributed by atoms with van der Waals surface area (Å²) in [6.45, 7) is 3.71. The van der Waals surface area contributed by atoms with Gasteiger partial charge in [-0.3, -0.25) is 14.3 Å². The third-order valence-corrected chi connectivity index (χ3v) is 3.34. The molecule has 0 aliphatic rings. The van der Waals surface area contributed by atoms with E-state index in [1.165, 1.54) is 4.90 Å². The van der Waals surface area contributed by atoms with E-state index in [0.29, 0.717) is 0 Å². The average molecular weight is 300 g/mol. The Morgan fingerprint density at radius 1 is 1.36 bits per heavy atom. The van der Waals surface area contributed by atoms with Crippen molar-refractivity contribution in [2.45, 2.75) is 19.9 Å². The number of nitrogens with one attached hydrogen (secondary N) is 1. The van der Waals surface area contributed by atoms with Crippen molar-refractivity contribution in [1.29, 1.82) is 0 Å². The van der Waals surface area contributed by atoms with Crippen molar-refractivity contribution in [3.05, 3.63) is 48.3 Å². The molecule has 22 heavy (non-hydrogen) atoms. The van der Waals surface area contributed by atoms with Gasteiger partial charge >= 0.3 is 0 Å². The van der Waals surface area contributed by atoms with Gasteiger partial charge in [-0.2, -0.15) is 5.10 Å². The van der Waals surface area contributed by atoms with E-state index in [1.54, 1.807) is 37.1 Å². The largest absolute Gasteiger partial charge is 0.335 e. The summed E-state index contributed by atoms with van der Waals surface area (Å²) in [5, 5.41) is 6.83. The van der Waals surface area contributed by atoms with Crippen LogP contribution in [0.15, 0.2) is 42.7 Å². The lowest BCUT2D eigenvalue weighted by Gasteiger charge is -2.21. The molecule has 1 aromatic heterocycles. The number of likely N-dealkylation sites (N-methyl/N-ethyl adjacent to an activating group) is 1. The number of aryl methyl sites for hydroxylation is 1. The number of nitrogens with zero attached hydrogens (tertiary/aromatic N) is 3. The Labute approximate surface area is 129 Å². The number of rotatable bonds is 5. The van der Waals surface area contributed by atoms with Crippen LogP contribution >= 0.6 is 0 Å². The molecule has 6 heteroatoms. The van der Waals surface area contributed by atoms with Crippen LogP contribution in [-0.4, -0.2) is 40.1 Å². The Morgan fingerprint density at radius 3 is 2.77 bits per heavy atom. The van der Waals surface area contributed by atoms with E-state index >= 15 is 0 Å². The maximum Gasteiger partial charge on any atom is 0.247 e. The lowest BCUT2D eigenvalue weighted by molar-refractivity contribution is -0.136. The van der Waals surface area contributed by atoms with Crippen LogP contribution in [0.1, 0.15) is 18.5 Å². The molecule has 0 radical (unpaired) electrons. The third kappa shape index (κ3) is 3.94. The summed E-state index contributed by atoms with van der Waals surface area (Å²) in [7, 11) is 1.61. The predicted octanol–water partition coefficient (Wildman–Crippen LogP) is 1.85. The number of aromatic nitrogens is 2. The molecule has 0 bridgehead atoms. The SMILES string of the molecule is Cc1cccc(NC(=O)CN(C)C(=O)C(C)n2cccn2)c1. The Bertz CT molecular complexity index is 652. The summed E-state index contributed by atoms with van der Waals surface area (Å²) in [6.07, 6.45) is 3.34. The van der Waals surface area contributed by atoms with Gasteiger partial charge in [-0.25, -0.2) is 0 Å². The number of hydrogen-bond donors (Lipinski definition) is 1. The second-order valence-electron chi connectivity index (χ2n) is 5.27. The third-order valence-electron chi connectivity index (χ3n) is 3.34. The average Bonchev–Trinajstić information content (AvgIpc) is 2.99. The van der Waals surface area contributed by atoms with Crippen LogP contribution in [0.5, 0.6) is 0 Å². The molecule has 6 nitrogen and oxygen atoms in total. The molecule has 2 amide bonds. The highest BCUT2D eigenvalue weighted by molar-refractivity contribution is 5.94. The lowest BCUT2D eigenvalue weighted by Crippen LogP contribution is -2.38. The van der Waals surface area contributed by atoms with Crippen LogP contribution in [0, 0.1) is 6.92 Å². The smallest absolute Gasteiger partial charge is 0.247 e. The maximum atomic E-state index is 12.3. The Kier molecular flexibility index (Phi) is 4.93. The van der Waals surface area contributed by atoms with E-state index in [-0.39, 0.29) is 18.4 Å². The maximum absolute atomic E-state index is 12.3. The fourth-order valence-corrected chi connectivity index (χ4v) is 2.16. The van der Waals surface area contributed by atoms with E-state index < -0.39 is 6.04 Å². The van der Waals surface area contributed by atoms with Crippen molar-refractivity contribution >= 4 is 17.5 Å². The molecule has 1 N–H and O–H groups in total. The van der Waals surface area contributed by atoms with E-state index in [2.05, 4.69) is 10.4 Å². The van der Waals surface area contributed by atoms with Crippen LogP contribution < -0.4 is 5.32 Å². The second-order valence-corrected chi connectivity index (χ2v) is 5.27. The zero-order valence-corrected chi connectivity index (χ0v) is 13.0. The zero-order chi connectivity index (χ0) is 16.1.